The number of hydrogen-bond donors (Lipinski definition) is 2. The van der Waals surface area contributed by atoms with E-state index in [4.69, 9.17) is 0 Å². The summed E-state index contributed by atoms with van der Waals surface area (Å²) in [6, 6.07) is 4.97. The minimum absolute atomic E-state index is 0.0890. The van der Waals surface area contributed by atoms with Crippen molar-refractivity contribution in [2.45, 2.75) is 31.9 Å². The van der Waals surface area contributed by atoms with E-state index in [0.717, 1.165) is 18.4 Å². The average molecular weight is 292 g/mol. The predicted molar refractivity (Wildman–Crippen MR) is 77.1 cm³/mol. The van der Waals surface area contributed by atoms with Crippen LogP contribution in [0.25, 0.3) is 0 Å². The number of nitrogens with one attached hydrogen (secondary N) is 1. The maximum absolute atomic E-state index is 13.4. The molecule has 5 heteroatoms. The third kappa shape index (κ3) is 3.24. The Morgan fingerprint density at radius 1 is 1.48 bits per heavy atom. The van der Waals surface area contributed by atoms with Gasteiger partial charge in [-0.1, -0.05) is 12.1 Å². The Balaban J connectivity index is 1.41. The Bertz CT molecular complexity index is 551. The minimum atomic E-state index is -0.555. The van der Waals surface area contributed by atoms with Crippen molar-refractivity contribution in [1.82, 2.24) is 10.2 Å². The minimum Gasteiger partial charge on any atom is -0.387 e. The summed E-state index contributed by atoms with van der Waals surface area (Å²) in [5.41, 5.74) is 0.801. The summed E-state index contributed by atoms with van der Waals surface area (Å²) in [6.45, 7) is 3.51. The van der Waals surface area contributed by atoms with Gasteiger partial charge < -0.3 is 10.4 Å². The third-order valence-electron chi connectivity index (χ3n) is 4.43. The molecule has 4 nitrogen and oxygen atoms in total. The van der Waals surface area contributed by atoms with Crippen LogP contribution in [0.5, 0.6) is 0 Å². The van der Waals surface area contributed by atoms with Crippen molar-refractivity contribution in [2.75, 3.05) is 19.6 Å². The van der Waals surface area contributed by atoms with Gasteiger partial charge in [0.25, 0.3) is 0 Å². The molecule has 2 fully saturated rings. The first-order chi connectivity index (χ1) is 9.96. The highest BCUT2D eigenvalue weighted by Crippen LogP contribution is 2.44. The number of carbonyl (C=O) groups excluding carboxylic acids is 1. The van der Waals surface area contributed by atoms with Gasteiger partial charge in [-0.25, -0.2) is 4.39 Å². The third-order valence-corrected chi connectivity index (χ3v) is 4.43. The second-order valence-corrected chi connectivity index (χ2v) is 6.38. The van der Waals surface area contributed by atoms with Crippen molar-refractivity contribution in [3.05, 3.63) is 35.1 Å². The van der Waals surface area contributed by atoms with Gasteiger partial charge in [0.15, 0.2) is 0 Å². The molecule has 3 rings (SSSR count). The number of likely N-dealkylation sites (tertiary alicyclic amines) is 1. The number of rotatable bonds is 5. The number of β-amino-alcohol motifs (C(OH)–C–C–N with tert-alkyl or cyclic N) is 1. The number of aliphatic hydroxyl groups is 1. The number of carbonyl (C=O) groups is 1. The second-order valence-electron chi connectivity index (χ2n) is 6.38. The average Bonchev–Trinajstić information content (AvgIpc) is 3.23. The molecule has 0 spiro atoms. The molecule has 1 aromatic rings. The van der Waals surface area contributed by atoms with E-state index >= 15 is 0 Å². The standard InChI is InChI=1S/C16H21FN2O2/c1-11-2-3-12(6-14(11)17)7-18-15(20)8-19-9-16(21,10-19)13-4-5-13/h2-3,6,13,21H,4-5,7-10H2,1H3,(H,18,20). The van der Waals surface area contributed by atoms with Gasteiger partial charge in [0.05, 0.1) is 12.1 Å². The van der Waals surface area contributed by atoms with E-state index in [-0.39, 0.29) is 11.7 Å². The summed E-state index contributed by atoms with van der Waals surface area (Å²) in [5, 5.41) is 13.0. The SMILES string of the molecule is Cc1ccc(CNC(=O)CN2CC(O)(C3CC3)C2)cc1F. The zero-order chi connectivity index (χ0) is 15.0. The Labute approximate surface area is 124 Å². The van der Waals surface area contributed by atoms with Crippen LogP contribution in [0, 0.1) is 18.7 Å². The normalized spacial score (nSPS) is 20.9. The highest BCUT2D eigenvalue weighted by atomic mass is 19.1. The summed E-state index contributed by atoms with van der Waals surface area (Å²) < 4.78 is 13.4. The number of amides is 1. The summed E-state index contributed by atoms with van der Waals surface area (Å²) in [5.74, 6) is 0.0974. The van der Waals surface area contributed by atoms with Crippen LogP contribution < -0.4 is 5.32 Å². The topological polar surface area (TPSA) is 52.6 Å². The highest BCUT2D eigenvalue weighted by Gasteiger charge is 2.51. The van der Waals surface area contributed by atoms with E-state index in [1.54, 1.807) is 13.0 Å². The molecule has 1 saturated carbocycles. The summed E-state index contributed by atoms with van der Waals surface area (Å²) >= 11 is 0. The predicted octanol–water partition coefficient (Wildman–Crippen LogP) is 1.21. The maximum atomic E-state index is 13.4. The molecule has 1 heterocycles. The fourth-order valence-corrected chi connectivity index (χ4v) is 2.92. The molecule has 21 heavy (non-hydrogen) atoms. The Kier molecular flexibility index (Phi) is 3.71. The molecule has 0 unspecified atom stereocenters. The molecule has 1 aliphatic heterocycles. The first kappa shape index (κ1) is 14.5. The van der Waals surface area contributed by atoms with Gasteiger partial charge in [0.1, 0.15) is 5.82 Å². The van der Waals surface area contributed by atoms with Crippen molar-refractivity contribution < 1.29 is 14.3 Å². The first-order valence-electron chi connectivity index (χ1n) is 7.43. The molecule has 2 N–H and O–H groups in total. The molecule has 1 amide bonds. The van der Waals surface area contributed by atoms with Crippen molar-refractivity contribution in [3.8, 4) is 0 Å². The van der Waals surface area contributed by atoms with Gasteiger partial charge in [0.2, 0.25) is 5.91 Å². The smallest absolute Gasteiger partial charge is 0.234 e. The lowest BCUT2D eigenvalue weighted by Crippen LogP contribution is -2.64. The summed E-state index contributed by atoms with van der Waals surface area (Å²) in [4.78, 5) is 13.8. The van der Waals surface area contributed by atoms with Gasteiger partial charge in [-0.2, -0.15) is 0 Å². The zero-order valence-corrected chi connectivity index (χ0v) is 12.2. The van der Waals surface area contributed by atoms with Crippen molar-refractivity contribution >= 4 is 5.91 Å². The number of hydrogen-bond acceptors (Lipinski definition) is 3. The molecule has 114 valence electrons. The van der Waals surface area contributed by atoms with Gasteiger partial charge >= 0.3 is 0 Å². The molecule has 1 aromatic carbocycles. The van der Waals surface area contributed by atoms with Crippen LogP contribution in [-0.2, 0) is 11.3 Å². The molecule has 1 aliphatic carbocycles. The quantitative estimate of drug-likeness (QED) is 0.857. The fourth-order valence-electron chi connectivity index (χ4n) is 2.92. The molecule has 0 bridgehead atoms. The molecule has 0 atom stereocenters. The largest absolute Gasteiger partial charge is 0.387 e. The van der Waals surface area contributed by atoms with Gasteiger partial charge in [-0.15, -0.1) is 0 Å². The van der Waals surface area contributed by atoms with Crippen LogP contribution in [0.4, 0.5) is 4.39 Å². The molecule has 1 saturated heterocycles. The highest BCUT2D eigenvalue weighted by molar-refractivity contribution is 5.78. The zero-order valence-electron chi connectivity index (χ0n) is 12.2. The van der Waals surface area contributed by atoms with Crippen LogP contribution >= 0.6 is 0 Å². The molecular weight excluding hydrogens is 271 g/mol. The van der Waals surface area contributed by atoms with Crippen LogP contribution in [0.3, 0.4) is 0 Å². The Morgan fingerprint density at radius 3 is 2.81 bits per heavy atom. The van der Waals surface area contributed by atoms with Gasteiger partial charge in [0, 0.05) is 19.6 Å². The molecule has 2 aliphatic rings. The summed E-state index contributed by atoms with van der Waals surface area (Å²) in [7, 11) is 0. The van der Waals surface area contributed by atoms with Gasteiger partial charge in [-0.3, -0.25) is 9.69 Å². The van der Waals surface area contributed by atoms with E-state index in [9.17, 15) is 14.3 Å². The van der Waals surface area contributed by atoms with Crippen LogP contribution in [0.2, 0.25) is 0 Å². The van der Waals surface area contributed by atoms with Crippen molar-refractivity contribution in [3.63, 3.8) is 0 Å². The van der Waals surface area contributed by atoms with Crippen LogP contribution in [-0.4, -0.2) is 41.1 Å². The first-order valence-corrected chi connectivity index (χ1v) is 7.43. The second kappa shape index (κ2) is 5.39. The maximum Gasteiger partial charge on any atom is 0.234 e. The lowest BCUT2D eigenvalue weighted by molar-refractivity contribution is -0.136. The lowest BCUT2D eigenvalue weighted by atomic mass is 9.89. The van der Waals surface area contributed by atoms with Crippen molar-refractivity contribution in [1.29, 1.82) is 0 Å². The number of aryl methyl sites for hydroxylation is 1. The fraction of sp³-hybridized carbons (Fsp3) is 0.562. The molecular formula is C16H21FN2O2. The Hall–Kier alpha value is -1.46. The van der Waals surface area contributed by atoms with Crippen LogP contribution in [0.15, 0.2) is 18.2 Å². The van der Waals surface area contributed by atoms with E-state index in [1.807, 2.05) is 11.0 Å². The van der Waals surface area contributed by atoms with Gasteiger partial charge in [-0.05, 0) is 42.9 Å². The number of benzene rings is 1. The monoisotopic (exact) mass is 292 g/mol. The molecule has 0 radical (unpaired) electrons. The van der Waals surface area contributed by atoms with Crippen LogP contribution in [0.1, 0.15) is 24.0 Å². The summed E-state index contributed by atoms with van der Waals surface area (Å²) in [6.07, 6.45) is 2.21. The van der Waals surface area contributed by atoms with E-state index in [2.05, 4.69) is 5.32 Å². The van der Waals surface area contributed by atoms with E-state index in [1.165, 1.54) is 6.07 Å². The van der Waals surface area contributed by atoms with Crippen molar-refractivity contribution in [2.24, 2.45) is 5.92 Å². The number of nitrogens with zero attached hydrogens (tertiary/aromatic N) is 1. The Morgan fingerprint density at radius 2 is 2.19 bits per heavy atom. The lowest BCUT2D eigenvalue weighted by Gasteiger charge is -2.46. The van der Waals surface area contributed by atoms with E-state index < -0.39 is 5.60 Å². The number of halogens is 1. The van der Waals surface area contributed by atoms with E-state index in [0.29, 0.717) is 37.7 Å². The molecule has 0 aromatic heterocycles.